The number of rotatable bonds is 4. The van der Waals surface area contributed by atoms with Crippen LogP contribution < -0.4 is 11.1 Å². The molecule has 1 aromatic rings. The number of carbonyl (C=O) groups is 2. The fraction of sp³-hybridized carbons (Fsp3) is 0.556. The molecule has 0 aromatic heterocycles. The first-order chi connectivity index (χ1) is 10.4. The Bertz CT molecular complexity index is 580. The fourth-order valence-electron chi connectivity index (χ4n) is 2.46. The molecule has 5 nitrogen and oxygen atoms in total. The highest BCUT2D eigenvalue weighted by Gasteiger charge is 2.30. The lowest BCUT2D eigenvalue weighted by Gasteiger charge is -2.29. The lowest BCUT2D eigenvalue weighted by molar-refractivity contribution is -0.136. The highest BCUT2D eigenvalue weighted by Crippen LogP contribution is 2.22. The van der Waals surface area contributed by atoms with Crippen LogP contribution in [0.4, 0.5) is 5.69 Å². The van der Waals surface area contributed by atoms with Gasteiger partial charge in [-0.1, -0.05) is 38.5 Å². The smallest absolute Gasteiger partial charge is 0.243 e. The number of likely N-dealkylation sites (N-methyl/N-ethyl adjacent to an activating group) is 1. The van der Waals surface area contributed by atoms with Crippen LogP contribution in [-0.2, 0) is 9.59 Å². The number of amides is 2. The van der Waals surface area contributed by atoms with E-state index in [0.717, 1.165) is 22.4 Å². The number of carbonyl (C=O) groups excluding carboxylic acids is 2. The van der Waals surface area contributed by atoms with Gasteiger partial charge >= 0.3 is 0 Å². The summed E-state index contributed by atoms with van der Waals surface area (Å²) in [6, 6.07) is 3.41. The van der Waals surface area contributed by atoms with Crippen LogP contribution in [0.15, 0.2) is 12.1 Å². The van der Waals surface area contributed by atoms with Gasteiger partial charge in [0.1, 0.15) is 0 Å². The van der Waals surface area contributed by atoms with E-state index < -0.39 is 6.04 Å². The van der Waals surface area contributed by atoms with E-state index in [1.165, 1.54) is 4.90 Å². The van der Waals surface area contributed by atoms with Gasteiger partial charge in [0.15, 0.2) is 0 Å². The molecule has 0 fully saturated rings. The van der Waals surface area contributed by atoms with Gasteiger partial charge in [0.2, 0.25) is 11.8 Å². The Labute approximate surface area is 139 Å². The summed E-state index contributed by atoms with van der Waals surface area (Å²) in [5.41, 5.74) is 9.61. The van der Waals surface area contributed by atoms with Crippen LogP contribution in [0.3, 0.4) is 0 Å². The summed E-state index contributed by atoms with van der Waals surface area (Å²) in [6.07, 6.45) is 0. The molecule has 0 aliphatic rings. The first-order valence-corrected chi connectivity index (χ1v) is 7.81. The van der Waals surface area contributed by atoms with Crippen molar-refractivity contribution in [1.82, 2.24) is 4.90 Å². The zero-order valence-corrected chi connectivity index (χ0v) is 15.3. The predicted octanol–water partition coefficient (Wildman–Crippen LogP) is 2.38. The van der Waals surface area contributed by atoms with E-state index in [1.807, 2.05) is 53.7 Å². The van der Waals surface area contributed by atoms with Crippen LogP contribution in [0.5, 0.6) is 0 Å². The molecule has 1 atom stereocenters. The maximum Gasteiger partial charge on any atom is 0.243 e. The minimum atomic E-state index is -0.636. The molecule has 5 heteroatoms. The summed E-state index contributed by atoms with van der Waals surface area (Å²) in [5, 5.41) is 2.90. The van der Waals surface area contributed by atoms with Crippen LogP contribution in [0.1, 0.15) is 37.5 Å². The van der Waals surface area contributed by atoms with Gasteiger partial charge in [0, 0.05) is 12.7 Å². The van der Waals surface area contributed by atoms with Crippen molar-refractivity contribution >= 4 is 17.5 Å². The summed E-state index contributed by atoms with van der Waals surface area (Å²) in [4.78, 5) is 25.9. The first-order valence-electron chi connectivity index (χ1n) is 7.81. The Morgan fingerprint density at radius 1 is 1.17 bits per heavy atom. The molecule has 2 amide bonds. The van der Waals surface area contributed by atoms with Crippen molar-refractivity contribution in [3.05, 3.63) is 28.8 Å². The van der Waals surface area contributed by atoms with Crippen LogP contribution in [0, 0.1) is 26.2 Å². The number of nitrogens with one attached hydrogen (secondary N) is 1. The summed E-state index contributed by atoms with van der Waals surface area (Å²) >= 11 is 0. The molecular formula is C18H29N3O2. The molecule has 0 aliphatic carbocycles. The number of nitrogens with zero attached hydrogens (tertiary/aromatic N) is 1. The molecule has 0 heterocycles. The fourth-order valence-corrected chi connectivity index (χ4v) is 2.46. The predicted molar refractivity (Wildman–Crippen MR) is 94.4 cm³/mol. The third-order valence-corrected chi connectivity index (χ3v) is 3.90. The minimum Gasteiger partial charge on any atom is -0.335 e. The standard InChI is InChI=1S/C18H29N3O2/c1-11-8-12(2)15(13(3)9-11)20-14(22)10-21(7)17(23)16(19)18(4,5)6/h8-9,16H,10,19H2,1-7H3,(H,20,22)/t16-/m1/s1. The van der Waals surface area contributed by atoms with Gasteiger partial charge in [-0.25, -0.2) is 0 Å². The third kappa shape index (κ3) is 5.06. The van der Waals surface area contributed by atoms with Gasteiger partial charge < -0.3 is 16.0 Å². The minimum absolute atomic E-state index is 0.0185. The van der Waals surface area contributed by atoms with Crippen molar-refractivity contribution in [2.45, 2.75) is 47.6 Å². The quantitative estimate of drug-likeness (QED) is 0.894. The molecule has 1 aromatic carbocycles. The van der Waals surface area contributed by atoms with Gasteiger partial charge in [-0.2, -0.15) is 0 Å². The van der Waals surface area contributed by atoms with Crippen molar-refractivity contribution in [3.63, 3.8) is 0 Å². The number of hydrogen-bond donors (Lipinski definition) is 2. The lowest BCUT2D eigenvalue weighted by Crippen LogP contribution is -2.50. The molecule has 0 aliphatic heterocycles. The molecule has 0 saturated carbocycles. The number of nitrogens with two attached hydrogens (primary N) is 1. The molecule has 128 valence electrons. The normalized spacial score (nSPS) is 12.7. The average Bonchev–Trinajstić information content (AvgIpc) is 2.39. The van der Waals surface area contributed by atoms with Gasteiger partial charge in [-0.05, 0) is 37.3 Å². The van der Waals surface area contributed by atoms with Crippen LogP contribution in [0.25, 0.3) is 0 Å². The van der Waals surface area contributed by atoms with E-state index in [9.17, 15) is 9.59 Å². The van der Waals surface area contributed by atoms with Crippen molar-refractivity contribution < 1.29 is 9.59 Å². The number of anilines is 1. The SMILES string of the molecule is Cc1cc(C)c(NC(=O)CN(C)C(=O)[C@@H](N)C(C)(C)C)c(C)c1. The van der Waals surface area contributed by atoms with Gasteiger partial charge in [-0.15, -0.1) is 0 Å². The molecule has 0 saturated heterocycles. The maximum atomic E-state index is 12.3. The maximum absolute atomic E-state index is 12.3. The van der Waals surface area contributed by atoms with E-state index in [0.29, 0.717) is 0 Å². The van der Waals surface area contributed by atoms with E-state index >= 15 is 0 Å². The lowest BCUT2D eigenvalue weighted by atomic mass is 9.86. The zero-order valence-electron chi connectivity index (χ0n) is 15.3. The van der Waals surface area contributed by atoms with Crippen LogP contribution >= 0.6 is 0 Å². The van der Waals surface area contributed by atoms with Gasteiger partial charge in [0.05, 0.1) is 12.6 Å². The summed E-state index contributed by atoms with van der Waals surface area (Å²) in [6.45, 7) is 11.6. The Kier molecular flexibility index (Phi) is 5.94. The molecule has 0 unspecified atom stereocenters. The molecule has 0 spiro atoms. The summed E-state index contributed by atoms with van der Waals surface area (Å²) in [5.74, 6) is -0.456. The van der Waals surface area contributed by atoms with Crippen molar-refractivity contribution in [3.8, 4) is 0 Å². The van der Waals surface area contributed by atoms with Crippen molar-refractivity contribution in [1.29, 1.82) is 0 Å². The Morgan fingerprint density at radius 2 is 1.65 bits per heavy atom. The highest BCUT2D eigenvalue weighted by molar-refractivity contribution is 5.96. The van der Waals surface area contributed by atoms with Crippen LogP contribution in [0.2, 0.25) is 0 Å². The van der Waals surface area contributed by atoms with Crippen LogP contribution in [-0.4, -0.2) is 36.3 Å². The van der Waals surface area contributed by atoms with E-state index in [1.54, 1.807) is 7.05 Å². The number of hydrogen-bond acceptors (Lipinski definition) is 3. The Morgan fingerprint density at radius 3 is 2.09 bits per heavy atom. The average molecular weight is 319 g/mol. The zero-order chi connectivity index (χ0) is 17.9. The molecule has 23 heavy (non-hydrogen) atoms. The van der Waals surface area contributed by atoms with Crippen molar-refractivity contribution in [2.75, 3.05) is 18.9 Å². The summed E-state index contributed by atoms with van der Waals surface area (Å²) < 4.78 is 0. The number of aryl methyl sites for hydroxylation is 3. The first kappa shape index (κ1) is 19.2. The van der Waals surface area contributed by atoms with E-state index in [-0.39, 0.29) is 23.8 Å². The van der Waals surface area contributed by atoms with Gasteiger partial charge in [0.25, 0.3) is 0 Å². The third-order valence-electron chi connectivity index (χ3n) is 3.90. The molecule has 0 bridgehead atoms. The molecule has 1 rings (SSSR count). The van der Waals surface area contributed by atoms with Gasteiger partial charge in [-0.3, -0.25) is 9.59 Å². The second-order valence-electron chi connectivity index (χ2n) is 7.36. The van der Waals surface area contributed by atoms with E-state index in [4.69, 9.17) is 5.73 Å². The number of benzene rings is 1. The Hall–Kier alpha value is -1.88. The Balaban J connectivity index is 2.76. The van der Waals surface area contributed by atoms with Crippen molar-refractivity contribution in [2.24, 2.45) is 11.1 Å². The monoisotopic (exact) mass is 319 g/mol. The second kappa shape index (κ2) is 7.13. The summed E-state index contributed by atoms with van der Waals surface area (Å²) in [7, 11) is 1.60. The van der Waals surface area contributed by atoms with E-state index in [2.05, 4.69) is 5.32 Å². The topological polar surface area (TPSA) is 75.4 Å². The largest absolute Gasteiger partial charge is 0.335 e. The molecule has 0 radical (unpaired) electrons. The highest BCUT2D eigenvalue weighted by atomic mass is 16.2. The second-order valence-corrected chi connectivity index (χ2v) is 7.36. The molecular weight excluding hydrogens is 290 g/mol. The molecule has 3 N–H and O–H groups in total.